The van der Waals surface area contributed by atoms with E-state index in [4.69, 9.17) is 0 Å². The van der Waals surface area contributed by atoms with Crippen molar-refractivity contribution in [2.75, 3.05) is 19.0 Å². The summed E-state index contributed by atoms with van der Waals surface area (Å²) in [6.07, 6.45) is 2.21. The fourth-order valence-electron chi connectivity index (χ4n) is 2.94. The van der Waals surface area contributed by atoms with E-state index in [-0.39, 0.29) is 5.69 Å². The van der Waals surface area contributed by atoms with E-state index in [1.54, 1.807) is 36.5 Å². The number of aromatic amines is 1. The molecule has 0 atom stereocenters. The van der Waals surface area contributed by atoms with Gasteiger partial charge in [-0.25, -0.2) is 14.6 Å². The molecule has 0 aliphatic carbocycles. The Morgan fingerprint density at radius 3 is 2.41 bits per heavy atom. The second-order valence-corrected chi connectivity index (χ2v) is 6.33. The van der Waals surface area contributed by atoms with Crippen LogP contribution in [0.4, 0.5) is 15.3 Å². The van der Waals surface area contributed by atoms with Gasteiger partial charge in [0.15, 0.2) is 0 Å². The number of H-pyrrole nitrogens is 1. The van der Waals surface area contributed by atoms with E-state index < -0.39 is 12.1 Å². The molecule has 0 unspecified atom stereocenters. The van der Waals surface area contributed by atoms with Crippen LogP contribution < -0.4 is 4.90 Å². The number of benzene rings is 1. The van der Waals surface area contributed by atoms with Crippen molar-refractivity contribution in [1.82, 2.24) is 14.9 Å². The number of carboxylic acid groups (broad SMARTS) is 1. The highest BCUT2D eigenvalue weighted by Crippen LogP contribution is 2.28. The Balaban J connectivity index is 2.00. The third-order valence-electron chi connectivity index (χ3n) is 4.32. The van der Waals surface area contributed by atoms with Gasteiger partial charge in [-0.1, -0.05) is 24.8 Å². The molecule has 2 heterocycles. The fourth-order valence-corrected chi connectivity index (χ4v) is 2.94. The highest BCUT2D eigenvalue weighted by Gasteiger charge is 2.24. The number of urea groups is 1. The predicted octanol–water partition coefficient (Wildman–Crippen LogP) is 4.35. The van der Waals surface area contributed by atoms with Crippen LogP contribution in [0.25, 0.3) is 28.2 Å². The number of imide groups is 1. The van der Waals surface area contributed by atoms with Crippen molar-refractivity contribution in [3.05, 3.63) is 54.4 Å². The van der Waals surface area contributed by atoms with Gasteiger partial charge >= 0.3 is 12.1 Å². The van der Waals surface area contributed by atoms with Crippen LogP contribution >= 0.6 is 0 Å². The van der Waals surface area contributed by atoms with E-state index in [0.29, 0.717) is 4.90 Å². The molecule has 7 heteroatoms. The van der Waals surface area contributed by atoms with Gasteiger partial charge in [-0.3, -0.25) is 0 Å². The summed E-state index contributed by atoms with van der Waals surface area (Å²) in [5.74, 6) is 0. The van der Waals surface area contributed by atoms with Crippen LogP contribution in [0.3, 0.4) is 0 Å². The number of pyridine rings is 1. The molecule has 0 saturated heterocycles. The fraction of sp³-hybridized carbons (Fsp3) is 0.150. The third-order valence-corrected chi connectivity index (χ3v) is 4.32. The molecule has 27 heavy (non-hydrogen) atoms. The van der Waals surface area contributed by atoms with E-state index in [0.717, 1.165) is 33.4 Å². The molecular weight excluding hydrogens is 344 g/mol. The number of rotatable bonds is 3. The molecule has 3 aromatic rings. The van der Waals surface area contributed by atoms with Crippen LogP contribution in [0.5, 0.6) is 0 Å². The third kappa shape index (κ3) is 3.27. The Kier molecular flexibility index (Phi) is 4.68. The highest BCUT2D eigenvalue weighted by molar-refractivity contribution is 6.10. The molecule has 0 radical (unpaired) electrons. The minimum atomic E-state index is -1.33. The maximum absolute atomic E-state index is 12.1. The minimum absolute atomic E-state index is 0.281. The number of carbonyl (C=O) groups is 2. The van der Waals surface area contributed by atoms with E-state index in [1.807, 2.05) is 13.0 Å². The SMILES string of the molecule is C=Cc1c(C)[nH]c2ncc(-c3ccc(N(C(=O)O)C(=O)N(C)C)cc3)cc12. The van der Waals surface area contributed by atoms with Crippen molar-refractivity contribution in [3.63, 3.8) is 0 Å². The van der Waals surface area contributed by atoms with Gasteiger partial charge in [0.25, 0.3) is 0 Å². The molecule has 0 aliphatic rings. The normalized spacial score (nSPS) is 10.6. The molecule has 7 nitrogen and oxygen atoms in total. The van der Waals surface area contributed by atoms with Crippen LogP contribution in [0.2, 0.25) is 0 Å². The van der Waals surface area contributed by atoms with Crippen molar-refractivity contribution in [1.29, 1.82) is 0 Å². The molecule has 0 aliphatic heterocycles. The standard InChI is InChI=1S/C20H20N4O3/c1-5-16-12(2)22-18-17(16)10-14(11-21-18)13-6-8-15(9-7-13)24(20(26)27)19(25)23(3)4/h5-11H,1H2,2-4H3,(H,21,22)(H,26,27). The Labute approximate surface area is 156 Å². The summed E-state index contributed by atoms with van der Waals surface area (Å²) in [7, 11) is 3.01. The quantitative estimate of drug-likeness (QED) is 0.723. The topological polar surface area (TPSA) is 89.5 Å². The first-order valence-electron chi connectivity index (χ1n) is 8.29. The summed E-state index contributed by atoms with van der Waals surface area (Å²) in [6, 6.07) is 8.13. The van der Waals surface area contributed by atoms with Crippen molar-refractivity contribution in [3.8, 4) is 11.1 Å². The molecule has 0 bridgehead atoms. The first-order valence-corrected chi connectivity index (χ1v) is 8.29. The average molecular weight is 364 g/mol. The number of aromatic nitrogens is 2. The maximum Gasteiger partial charge on any atom is 0.420 e. The Bertz CT molecular complexity index is 1040. The van der Waals surface area contributed by atoms with Crippen LogP contribution in [0.1, 0.15) is 11.3 Å². The molecule has 0 fully saturated rings. The summed E-state index contributed by atoms with van der Waals surface area (Å²) >= 11 is 0. The molecule has 2 N–H and O–H groups in total. The number of fused-ring (bicyclic) bond motifs is 1. The highest BCUT2D eigenvalue weighted by atomic mass is 16.4. The zero-order valence-corrected chi connectivity index (χ0v) is 15.4. The number of aryl methyl sites for hydroxylation is 1. The van der Waals surface area contributed by atoms with Crippen molar-refractivity contribution in [2.24, 2.45) is 0 Å². The Morgan fingerprint density at radius 1 is 1.19 bits per heavy atom. The molecule has 0 saturated carbocycles. The first kappa shape index (κ1) is 18.2. The first-order chi connectivity index (χ1) is 12.8. The molecule has 0 spiro atoms. The molecule has 3 rings (SSSR count). The lowest BCUT2D eigenvalue weighted by molar-refractivity contribution is 0.194. The minimum Gasteiger partial charge on any atom is -0.464 e. The van der Waals surface area contributed by atoms with Crippen molar-refractivity contribution < 1.29 is 14.7 Å². The lowest BCUT2D eigenvalue weighted by Gasteiger charge is -2.21. The maximum atomic E-state index is 12.1. The summed E-state index contributed by atoms with van der Waals surface area (Å²) in [6.45, 7) is 5.82. The Morgan fingerprint density at radius 2 is 1.85 bits per heavy atom. The van der Waals surface area contributed by atoms with E-state index in [9.17, 15) is 14.7 Å². The van der Waals surface area contributed by atoms with Crippen molar-refractivity contribution in [2.45, 2.75) is 6.92 Å². The van der Waals surface area contributed by atoms with Gasteiger partial charge in [0.05, 0.1) is 5.69 Å². The number of carbonyl (C=O) groups excluding carboxylic acids is 1. The van der Waals surface area contributed by atoms with Gasteiger partial charge < -0.3 is 15.0 Å². The predicted molar refractivity (Wildman–Crippen MR) is 106 cm³/mol. The number of nitrogens with zero attached hydrogens (tertiary/aromatic N) is 3. The van der Waals surface area contributed by atoms with Crippen LogP contribution in [0.15, 0.2) is 43.1 Å². The Hall–Kier alpha value is -3.61. The largest absolute Gasteiger partial charge is 0.464 e. The zero-order chi connectivity index (χ0) is 19.7. The number of anilines is 1. The summed E-state index contributed by atoms with van der Waals surface area (Å²) in [4.78, 5) is 33.2. The van der Waals surface area contributed by atoms with Crippen LogP contribution in [0, 0.1) is 6.92 Å². The smallest absolute Gasteiger partial charge is 0.420 e. The second kappa shape index (κ2) is 6.95. The van der Waals surface area contributed by atoms with E-state index in [1.165, 1.54) is 19.0 Å². The molecular formula is C20H20N4O3. The lowest BCUT2D eigenvalue weighted by Crippen LogP contribution is -2.42. The zero-order valence-electron chi connectivity index (χ0n) is 15.4. The summed E-state index contributed by atoms with van der Waals surface area (Å²) < 4.78 is 0. The van der Waals surface area contributed by atoms with Gasteiger partial charge in [-0.15, -0.1) is 0 Å². The number of amides is 3. The second-order valence-electron chi connectivity index (χ2n) is 6.33. The van der Waals surface area contributed by atoms with Crippen LogP contribution in [-0.4, -0.2) is 46.2 Å². The molecule has 2 aromatic heterocycles. The van der Waals surface area contributed by atoms with Crippen LogP contribution in [-0.2, 0) is 0 Å². The summed E-state index contributed by atoms with van der Waals surface area (Å²) in [5, 5.41) is 10.3. The van der Waals surface area contributed by atoms with Gasteiger partial charge in [0.2, 0.25) is 0 Å². The molecule has 3 amide bonds. The number of hydrogen-bond donors (Lipinski definition) is 2. The van der Waals surface area contributed by atoms with Gasteiger partial charge in [-0.2, -0.15) is 4.90 Å². The lowest BCUT2D eigenvalue weighted by atomic mass is 10.0. The molecule has 1 aromatic carbocycles. The number of nitrogens with one attached hydrogen (secondary N) is 1. The van der Waals surface area contributed by atoms with Gasteiger partial charge in [0.1, 0.15) is 5.65 Å². The van der Waals surface area contributed by atoms with E-state index in [2.05, 4.69) is 16.5 Å². The van der Waals surface area contributed by atoms with Gasteiger partial charge in [0, 0.05) is 42.5 Å². The monoisotopic (exact) mass is 364 g/mol. The van der Waals surface area contributed by atoms with Gasteiger partial charge in [-0.05, 0) is 30.7 Å². The average Bonchev–Trinajstić information content (AvgIpc) is 2.96. The summed E-state index contributed by atoms with van der Waals surface area (Å²) in [5.41, 5.74) is 4.82. The number of hydrogen-bond acceptors (Lipinski definition) is 3. The van der Waals surface area contributed by atoms with Crippen molar-refractivity contribution >= 4 is 34.9 Å². The molecule has 138 valence electrons. The van der Waals surface area contributed by atoms with E-state index >= 15 is 0 Å².